The molecule has 1 aromatic carbocycles. The lowest BCUT2D eigenvalue weighted by Crippen LogP contribution is -2.27. The van der Waals surface area contributed by atoms with Gasteiger partial charge < -0.3 is 10.6 Å². The number of nitrogens with zero attached hydrogens (tertiary/aromatic N) is 5. The van der Waals surface area contributed by atoms with Gasteiger partial charge in [-0.1, -0.05) is 11.8 Å². The van der Waals surface area contributed by atoms with Crippen molar-refractivity contribution in [2.24, 2.45) is 0 Å². The van der Waals surface area contributed by atoms with Gasteiger partial charge in [0.1, 0.15) is 5.82 Å². The summed E-state index contributed by atoms with van der Waals surface area (Å²) in [7, 11) is 0. The van der Waals surface area contributed by atoms with Gasteiger partial charge in [-0.3, -0.25) is 4.79 Å². The van der Waals surface area contributed by atoms with Crippen LogP contribution < -0.4 is 10.6 Å². The van der Waals surface area contributed by atoms with Crippen molar-refractivity contribution in [3.05, 3.63) is 41.6 Å². The van der Waals surface area contributed by atoms with Crippen LogP contribution in [0.3, 0.4) is 0 Å². The van der Waals surface area contributed by atoms with Crippen LogP contribution in [-0.4, -0.2) is 44.5 Å². The number of hydrogen-bond acceptors (Lipinski definition) is 7. The first-order chi connectivity index (χ1) is 13.5. The molecule has 3 aromatic rings. The van der Waals surface area contributed by atoms with Crippen molar-refractivity contribution in [2.75, 3.05) is 18.1 Å². The van der Waals surface area contributed by atoms with E-state index in [1.54, 1.807) is 35.1 Å². The molecule has 8 nitrogen and oxygen atoms in total. The molecule has 0 bridgehead atoms. The lowest BCUT2D eigenvalue weighted by atomic mass is 10.1. The van der Waals surface area contributed by atoms with Crippen LogP contribution in [0.4, 0.5) is 5.82 Å². The number of anilines is 1. The van der Waals surface area contributed by atoms with Crippen molar-refractivity contribution >= 4 is 34.5 Å². The Morgan fingerprint density at radius 3 is 2.68 bits per heavy atom. The van der Waals surface area contributed by atoms with E-state index < -0.39 is 0 Å². The van der Waals surface area contributed by atoms with E-state index in [0.717, 1.165) is 16.9 Å². The van der Waals surface area contributed by atoms with Crippen molar-refractivity contribution < 1.29 is 4.79 Å². The zero-order valence-corrected chi connectivity index (χ0v) is 16.7. The Balaban J connectivity index is 1.72. The lowest BCUT2D eigenvalue weighted by molar-refractivity contribution is 0.0952. The molecule has 0 aliphatic heterocycles. The summed E-state index contributed by atoms with van der Waals surface area (Å²) in [5.41, 5.74) is 1.77. The van der Waals surface area contributed by atoms with E-state index in [-0.39, 0.29) is 11.9 Å². The number of carbonyl (C=O) groups excluding carboxylic acids is 1. The van der Waals surface area contributed by atoms with E-state index >= 15 is 0 Å². The van der Waals surface area contributed by atoms with Gasteiger partial charge in [-0.05, 0) is 44.4 Å². The second-order valence-corrected chi connectivity index (χ2v) is 7.18. The fourth-order valence-electron chi connectivity index (χ4n) is 2.65. The van der Waals surface area contributed by atoms with E-state index in [1.165, 1.54) is 11.8 Å². The fourth-order valence-corrected chi connectivity index (χ4v) is 3.01. The lowest BCUT2D eigenvalue weighted by Gasteiger charge is -2.11. The number of fused-ring (bicyclic) bond motifs is 1. The van der Waals surface area contributed by atoms with Crippen molar-refractivity contribution in [1.82, 2.24) is 25.1 Å². The summed E-state index contributed by atoms with van der Waals surface area (Å²) in [5, 5.41) is 21.0. The average Bonchev–Trinajstić information content (AvgIpc) is 3.10. The van der Waals surface area contributed by atoms with Gasteiger partial charge in [0, 0.05) is 18.2 Å². The first kappa shape index (κ1) is 19.6. The second kappa shape index (κ2) is 8.71. The van der Waals surface area contributed by atoms with Gasteiger partial charge in [0.05, 0.1) is 29.8 Å². The number of aromatic nitrogens is 4. The topological polar surface area (TPSA) is 109 Å². The molecule has 1 amide bonds. The molecule has 2 heterocycles. The third-order valence-corrected chi connectivity index (χ3v) is 4.52. The largest absolute Gasteiger partial charge is 0.367 e. The minimum absolute atomic E-state index is 0.192. The van der Waals surface area contributed by atoms with Gasteiger partial charge in [-0.2, -0.15) is 10.4 Å². The number of thioether (sulfide) groups is 1. The van der Waals surface area contributed by atoms with E-state index in [0.29, 0.717) is 29.4 Å². The number of hydrogen-bond donors (Lipinski definition) is 2. The maximum absolute atomic E-state index is 12.2. The maximum Gasteiger partial charge on any atom is 0.251 e. The Labute approximate surface area is 167 Å². The van der Waals surface area contributed by atoms with Crippen LogP contribution in [-0.2, 0) is 6.54 Å². The molecule has 0 spiro atoms. The van der Waals surface area contributed by atoms with Gasteiger partial charge in [0.15, 0.2) is 10.8 Å². The molecule has 144 valence electrons. The summed E-state index contributed by atoms with van der Waals surface area (Å²) < 4.78 is 1.77. The smallest absolute Gasteiger partial charge is 0.251 e. The summed E-state index contributed by atoms with van der Waals surface area (Å²) >= 11 is 1.47. The number of carbonyl (C=O) groups is 1. The van der Waals surface area contributed by atoms with Gasteiger partial charge in [0.2, 0.25) is 0 Å². The SMILES string of the molecule is CSc1nc(NC(C)C)c2cnn(CCNC(=O)c3ccc(C#N)cc3)c2n1. The molecule has 0 unspecified atom stereocenters. The highest BCUT2D eigenvalue weighted by atomic mass is 32.2. The van der Waals surface area contributed by atoms with Crippen LogP contribution in [0.1, 0.15) is 29.8 Å². The molecule has 0 aliphatic rings. The Morgan fingerprint density at radius 2 is 2.04 bits per heavy atom. The fraction of sp³-hybridized carbons (Fsp3) is 0.316. The molecule has 9 heteroatoms. The van der Waals surface area contributed by atoms with Crippen LogP contribution in [0.2, 0.25) is 0 Å². The van der Waals surface area contributed by atoms with Gasteiger partial charge >= 0.3 is 0 Å². The molecule has 0 saturated carbocycles. The van der Waals surface area contributed by atoms with Crippen molar-refractivity contribution in [3.8, 4) is 6.07 Å². The zero-order valence-electron chi connectivity index (χ0n) is 15.9. The highest BCUT2D eigenvalue weighted by molar-refractivity contribution is 7.98. The molecule has 0 saturated heterocycles. The maximum atomic E-state index is 12.2. The summed E-state index contributed by atoms with van der Waals surface area (Å²) in [5.74, 6) is 0.569. The Kier molecular flexibility index (Phi) is 6.11. The van der Waals surface area contributed by atoms with Crippen LogP contribution in [0, 0.1) is 11.3 Å². The molecule has 28 heavy (non-hydrogen) atoms. The molecule has 2 aromatic heterocycles. The van der Waals surface area contributed by atoms with E-state index in [4.69, 9.17) is 5.26 Å². The van der Waals surface area contributed by atoms with Crippen LogP contribution >= 0.6 is 11.8 Å². The highest BCUT2D eigenvalue weighted by Gasteiger charge is 2.14. The third-order valence-electron chi connectivity index (χ3n) is 3.97. The monoisotopic (exact) mass is 395 g/mol. The summed E-state index contributed by atoms with van der Waals surface area (Å²) in [6, 6.07) is 8.80. The number of nitriles is 1. The Hall–Kier alpha value is -3.12. The Morgan fingerprint density at radius 1 is 1.29 bits per heavy atom. The minimum atomic E-state index is -0.192. The van der Waals surface area contributed by atoms with Gasteiger partial charge in [-0.25, -0.2) is 14.6 Å². The van der Waals surface area contributed by atoms with Crippen LogP contribution in [0.15, 0.2) is 35.6 Å². The third kappa shape index (κ3) is 4.40. The minimum Gasteiger partial charge on any atom is -0.367 e. The van der Waals surface area contributed by atoms with E-state index in [1.807, 2.05) is 12.3 Å². The molecular weight excluding hydrogens is 374 g/mol. The van der Waals surface area contributed by atoms with Crippen LogP contribution in [0.25, 0.3) is 11.0 Å². The first-order valence-electron chi connectivity index (χ1n) is 8.84. The van der Waals surface area contributed by atoms with Crippen molar-refractivity contribution in [1.29, 1.82) is 5.26 Å². The summed E-state index contributed by atoms with van der Waals surface area (Å²) in [4.78, 5) is 21.3. The number of rotatable bonds is 7. The molecular formula is C19H21N7OS. The number of amides is 1. The molecule has 2 N–H and O–H groups in total. The van der Waals surface area contributed by atoms with Gasteiger partial charge in [-0.15, -0.1) is 0 Å². The summed E-state index contributed by atoms with van der Waals surface area (Å²) in [6.07, 6.45) is 3.67. The zero-order chi connectivity index (χ0) is 20.1. The molecule has 0 fully saturated rings. The second-order valence-electron chi connectivity index (χ2n) is 6.41. The highest BCUT2D eigenvalue weighted by Crippen LogP contribution is 2.23. The predicted molar refractivity (Wildman–Crippen MR) is 109 cm³/mol. The standard InChI is InChI=1S/C19H21N7OS/c1-12(2)23-16-15-11-22-26(17(15)25-19(24-16)28-3)9-8-21-18(27)14-6-4-13(10-20)5-7-14/h4-7,11-12H,8-9H2,1-3H3,(H,21,27)(H,23,24,25). The Bertz CT molecular complexity index is 1020. The normalized spacial score (nSPS) is 10.8. The van der Waals surface area contributed by atoms with Gasteiger partial charge in [0.25, 0.3) is 5.91 Å². The van der Waals surface area contributed by atoms with Crippen molar-refractivity contribution in [3.63, 3.8) is 0 Å². The van der Waals surface area contributed by atoms with E-state index in [2.05, 4.69) is 39.5 Å². The van der Waals surface area contributed by atoms with Crippen molar-refractivity contribution in [2.45, 2.75) is 31.6 Å². The average molecular weight is 395 g/mol. The quantitative estimate of drug-likeness (QED) is 0.468. The molecule has 0 aliphatic carbocycles. The molecule has 0 radical (unpaired) electrons. The first-order valence-corrected chi connectivity index (χ1v) is 10.1. The predicted octanol–water partition coefficient (Wildman–Crippen LogP) is 2.67. The molecule has 0 atom stereocenters. The number of benzene rings is 1. The molecule has 3 rings (SSSR count). The summed E-state index contributed by atoms with van der Waals surface area (Å²) in [6.45, 7) is 4.99. The number of nitrogens with one attached hydrogen (secondary N) is 2. The van der Waals surface area contributed by atoms with E-state index in [9.17, 15) is 4.79 Å². The van der Waals surface area contributed by atoms with Crippen LogP contribution in [0.5, 0.6) is 0 Å².